The highest BCUT2D eigenvalue weighted by molar-refractivity contribution is 9.10. The summed E-state index contributed by atoms with van der Waals surface area (Å²) in [5.41, 5.74) is 1.54. The first-order chi connectivity index (χ1) is 12.2. The van der Waals surface area contributed by atoms with Crippen molar-refractivity contribution in [2.24, 2.45) is 0 Å². The number of hydrogen-bond acceptors (Lipinski definition) is 3. The van der Waals surface area contributed by atoms with Gasteiger partial charge in [0.05, 0.1) is 15.6 Å². The van der Waals surface area contributed by atoms with Crippen LogP contribution in [0.2, 0.25) is 5.02 Å². The van der Waals surface area contributed by atoms with Crippen LogP contribution in [0.15, 0.2) is 45.8 Å². The molecule has 140 valence electrons. The molecule has 8 heteroatoms. The van der Waals surface area contributed by atoms with E-state index in [0.29, 0.717) is 18.7 Å². The first kappa shape index (κ1) is 20.9. The number of halogens is 2. The summed E-state index contributed by atoms with van der Waals surface area (Å²) in [5, 5.41) is 2.98. The zero-order chi connectivity index (χ0) is 19.5. The van der Waals surface area contributed by atoms with Gasteiger partial charge in [-0.1, -0.05) is 41.4 Å². The Morgan fingerprint density at radius 1 is 1.15 bits per heavy atom. The third-order valence-electron chi connectivity index (χ3n) is 3.96. The van der Waals surface area contributed by atoms with Gasteiger partial charge < -0.3 is 5.32 Å². The number of aryl methyl sites for hydroxylation is 1. The summed E-state index contributed by atoms with van der Waals surface area (Å²) in [6.07, 6.45) is 0. The van der Waals surface area contributed by atoms with Crippen LogP contribution in [0.25, 0.3) is 0 Å². The molecule has 0 atom stereocenters. The molecule has 0 aliphatic heterocycles. The van der Waals surface area contributed by atoms with E-state index in [0.717, 1.165) is 10.0 Å². The molecule has 1 N–H and O–H groups in total. The average Bonchev–Trinajstić information content (AvgIpc) is 2.57. The van der Waals surface area contributed by atoms with Crippen LogP contribution in [-0.2, 0) is 10.0 Å². The van der Waals surface area contributed by atoms with Gasteiger partial charge in [-0.15, -0.1) is 0 Å². The van der Waals surface area contributed by atoms with E-state index in [-0.39, 0.29) is 21.5 Å². The summed E-state index contributed by atoms with van der Waals surface area (Å²) in [6.45, 7) is 6.09. The first-order valence-corrected chi connectivity index (χ1v) is 10.7. The van der Waals surface area contributed by atoms with Crippen molar-refractivity contribution in [3.63, 3.8) is 0 Å². The van der Waals surface area contributed by atoms with Crippen molar-refractivity contribution in [1.82, 2.24) is 4.31 Å². The molecule has 1 amide bonds. The molecule has 0 unspecified atom stereocenters. The molecule has 0 aliphatic carbocycles. The van der Waals surface area contributed by atoms with Crippen molar-refractivity contribution in [2.75, 3.05) is 18.4 Å². The van der Waals surface area contributed by atoms with Crippen LogP contribution in [0.3, 0.4) is 0 Å². The lowest BCUT2D eigenvalue weighted by atomic mass is 10.1. The van der Waals surface area contributed by atoms with Gasteiger partial charge in [0.1, 0.15) is 0 Å². The molecule has 0 aromatic heterocycles. The predicted molar refractivity (Wildman–Crippen MR) is 108 cm³/mol. The van der Waals surface area contributed by atoms with Crippen LogP contribution >= 0.6 is 27.5 Å². The number of sulfonamides is 1. The lowest BCUT2D eigenvalue weighted by molar-refractivity contribution is 0.102. The zero-order valence-electron chi connectivity index (χ0n) is 14.7. The second-order valence-corrected chi connectivity index (χ2v) is 8.91. The molecular formula is C18H20BrClN2O3S. The molecule has 26 heavy (non-hydrogen) atoms. The number of hydrogen-bond donors (Lipinski definition) is 1. The fraction of sp³-hybridized carbons (Fsp3) is 0.278. The van der Waals surface area contributed by atoms with Crippen LogP contribution in [0.4, 0.5) is 5.69 Å². The summed E-state index contributed by atoms with van der Waals surface area (Å²) in [6, 6.07) is 9.60. The number of carbonyl (C=O) groups is 1. The fourth-order valence-electron chi connectivity index (χ4n) is 2.54. The largest absolute Gasteiger partial charge is 0.321 e. The van der Waals surface area contributed by atoms with Crippen LogP contribution in [0.5, 0.6) is 0 Å². The van der Waals surface area contributed by atoms with E-state index >= 15 is 0 Å². The van der Waals surface area contributed by atoms with Crippen molar-refractivity contribution in [1.29, 1.82) is 0 Å². The summed E-state index contributed by atoms with van der Waals surface area (Å²) >= 11 is 9.52. The third-order valence-corrected chi connectivity index (χ3v) is 6.83. The van der Waals surface area contributed by atoms with E-state index in [2.05, 4.69) is 21.2 Å². The number of amides is 1. The topological polar surface area (TPSA) is 66.5 Å². The van der Waals surface area contributed by atoms with Crippen LogP contribution in [0.1, 0.15) is 29.8 Å². The van der Waals surface area contributed by atoms with Gasteiger partial charge >= 0.3 is 0 Å². The molecule has 5 nitrogen and oxygen atoms in total. The second-order valence-electron chi connectivity index (χ2n) is 5.64. The summed E-state index contributed by atoms with van der Waals surface area (Å²) in [5.74, 6) is -0.353. The van der Waals surface area contributed by atoms with Crippen molar-refractivity contribution in [2.45, 2.75) is 25.7 Å². The van der Waals surface area contributed by atoms with Gasteiger partial charge in [0.2, 0.25) is 10.0 Å². The zero-order valence-corrected chi connectivity index (χ0v) is 17.9. The van der Waals surface area contributed by atoms with Gasteiger partial charge in [0.15, 0.2) is 0 Å². The fourth-order valence-corrected chi connectivity index (χ4v) is 4.67. The van der Waals surface area contributed by atoms with Crippen molar-refractivity contribution >= 4 is 49.1 Å². The lowest BCUT2D eigenvalue weighted by Gasteiger charge is -2.19. The Kier molecular flexibility index (Phi) is 6.85. The summed E-state index contributed by atoms with van der Waals surface area (Å²) in [7, 11) is -3.64. The normalized spacial score (nSPS) is 11.6. The highest BCUT2D eigenvalue weighted by Gasteiger charge is 2.23. The third kappa shape index (κ3) is 4.46. The van der Waals surface area contributed by atoms with Gasteiger partial charge in [0, 0.05) is 23.1 Å². The van der Waals surface area contributed by atoms with E-state index in [1.54, 1.807) is 26.0 Å². The van der Waals surface area contributed by atoms with Crippen LogP contribution < -0.4 is 5.32 Å². The highest BCUT2D eigenvalue weighted by Crippen LogP contribution is 2.28. The quantitative estimate of drug-likeness (QED) is 0.681. The minimum Gasteiger partial charge on any atom is -0.321 e. The molecular weight excluding hydrogens is 440 g/mol. The SMILES string of the molecule is CCN(CC)S(=O)(=O)c1ccc(Cl)c(NC(=O)c2ccc(Br)cc2C)c1. The minimum absolute atomic E-state index is 0.0911. The Labute approximate surface area is 167 Å². The Bertz CT molecular complexity index is 928. The number of benzene rings is 2. The molecule has 0 fully saturated rings. The molecule has 0 aliphatic rings. The van der Waals surface area contributed by atoms with Gasteiger partial charge in [-0.2, -0.15) is 4.31 Å². The number of nitrogens with zero attached hydrogens (tertiary/aromatic N) is 1. The lowest BCUT2D eigenvalue weighted by Crippen LogP contribution is -2.30. The predicted octanol–water partition coefficient (Wildman–Crippen LogP) is 4.69. The molecule has 2 aromatic carbocycles. The summed E-state index contributed by atoms with van der Waals surface area (Å²) < 4.78 is 27.6. The second kappa shape index (κ2) is 8.52. The van der Waals surface area contributed by atoms with Gasteiger partial charge in [-0.3, -0.25) is 4.79 Å². The highest BCUT2D eigenvalue weighted by atomic mass is 79.9. The standard InChI is InChI=1S/C18H20BrClN2O3S/c1-4-22(5-2)26(24,25)14-7-9-16(20)17(11-14)21-18(23)15-8-6-13(19)10-12(15)3/h6-11H,4-5H2,1-3H3,(H,21,23). The Balaban J connectivity index is 2.37. The van der Waals surface area contributed by atoms with Gasteiger partial charge in [0.25, 0.3) is 5.91 Å². The van der Waals surface area contributed by atoms with E-state index < -0.39 is 10.0 Å². The molecule has 0 saturated heterocycles. The maximum Gasteiger partial charge on any atom is 0.255 e. The summed E-state index contributed by atoms with van der Waals surface area (Å²) in [4.78, 5) is 12.7. The minimum atomic E-state index is -3.64. The van der Waals surface area contributed by atoms with Crippen LogP contribution in [0, 0.1) is 6.92 Å². The number of carbonyl (C=O) groups excluding carboxylic acids is 1. The van der Waals surface area contributed by atoms with Crippen molar-refractivity contribution in [3.05, 3.63) is 57.0 Å². The van der Waals surface area contributed by atoms with E-state index in [4.69, 9.17) is 11.6 Å². The Hall–Kier alpha value is -1.41. The smallest absolute Gasteiger partial charge is 0.255 e. The number of anilines is 1. The van der Waals surface area contributed by atoms with Gasteiger partial charge in [-0.05, 0) is 48.9 Å². The molecule has 2 rings (SSSR count). The van der Waals surface area contributed by atoms with Crippen molar-refractivity contribution in [3.8, 4) is 0 Å². The van der Waals surface area contributed by atoms with E-state index in [1.165, 1.54) is 22.5 Å². The number of rotatable bonds is 6. The van der Waals surface area contributed by atoms with Crippen LogP contribution in [-0.4, -0.2) is 31.7 Å². The maximum absolute atomic E-state index is 12.7. The van der Waals surface area contributed by atoms with Gasteiger partial charge in [-0.25, -0.2) is 8.42 Å². The molecule has 2 aromatic rings. The van der Waals surface area contributed by atoms with E-state index in [1.807, 2.05) is 13.0 Å². The Morgan fingerprint density at radius 3 is 2.38 bits per heavy atom. The monoisotopic (exact) mass is 458 g/mol. The first-order valence-electron chi connectivity index (χ1n) is 8.07. The molecule has 0 spiro atoms. The van der Waals surface area contributed by atoms with E-state index in [9.17, 15) is 13.2 Å². The maximum atomic E-state index is 12.7. The molecule has 0 radical (unpaired) electrons. The van der Waals surface area contributed by atoms with Crippen molar-refractivity contribution < 1.29 is 13.2 Å². The number of nitrogens with one attached hydrogen (secondary N) is 1. The Morgan fingerprint density at radius 2 is 1.81 bits per heavy atom. The molecule has 0 bridgehead atoms. The molecule has 0 heterocycles. The average molecular weight is 460 g/mol. The molecule has 0 saturated carbocycles.